The Morgan fingerprint density at radius 3 is 1.14 bits per heavy atom. The van der Waals surface area contributed by atoms with E-state index in [1.165, 1.54) is 218 Å². The Labute approximate surface area is 963 Å². The van der Waals surface area contributed by atoms with E-state index in [9.17, 15) is 9.36 Å². The number of alkyl halides is 1. The molecule has 789 valence electrons. The fraction of sp³-hybridized carbons (Fsp3) is 0.305. The molecule has 0 unspecified atom stereocenters. The number of H-pyrrole nitrogens is 1. The molecule has 4 aromatic heterocycles. The number of amides is 1. The third-order valence-corrected chi connectivity index (χ3v) is 28.2. The number of benzene rings is 13. The molecular weight excluding hydrogens is 2450 g/mol. The van der Waals surface area contributed by atoms with Crippen LogP contribution in [-0.2, 0) is 9.36 Å². The molecule has 17 nitrogen and oxygen atoms in total. The molecule has 13 aromatic carbocycles. The first-order chi connectivity index (χ1) is 71.4. The second-order valence-electron chi connectivity index (χ2n) is 35.7. The number of carboxylic acid groups (broad SMARTS) is 1. The standard InChI is InChI=1S/C28H31Br2NO.C28H33NO.C16H12Br2N2O.C16H25BrO.C12H9N.C8H8BrClO.C8H9BrN2O.C2H4O2.BHNS.Cl3OP/c1-4-5-6-7-8-9-14-32-28-19(2)15-23(16-20(28)3)31-26-12-10-21(29)17-24(26)25-18-22(30)11-13-27(25)31;1-4-5-6-7-8-13-18-30-28-21(2)19-23(20-22(28)3)29-26-16-11-9-14-24(26)25-15-10-12-17-27(25)29;1-9-3-4-11(8-14(9)18)15-19-20-16(21-15)13-6-5-12(17)7-10(13)2;1-4-5-6-7-8-9-10-18-16-13(2)11-15(17)12-14(16)3;1-3-7-11-9(5-1)10-6-2-4-8-12(10)13-11;1-6-4-7(9)2-3-8(6)11-5-10;1-5-2-3-6(4-7(5)9)8(12)11-10;1-2(3)4;1-2-3;1-5(2,3)4/h10-13,15-18H,4-9,14H2,1-3H3;9-12,14-17,19-20H,4-8,13,18H2,1-3H3;3-8H,1-2H3;11-12H,4-10H2,1-3H3;1-8,13H;2-4H,5H2,1H3;2-4H,10H2,1H3,(H,11,12);1H3,(H,3,4);3H;. The third kappa shape index (κ3) is 40.7. The van der Waals surface area contributed by atoms with Crippen molar-refractivity contribution >= 4 is 260 Å². The summed E-state index contributed by atoms with van der Waals surface area (Å²) in [6.07, 6.45) is 23.2. The fourth-order valence-corrected chi connectivity index (χ4v) is 20.0. The molecule has 4 heterocycles. The number of carboxylic acids is 1. The molecule has 1 amide bonds. The molecule has 149 heavy (non-hydrogen) atoms. The van der Waals surface area contributed by atoms with Gasteiger partial charge in [-0.2, -0.15) is 0 Å². The molecule has 0 saturated heterocycles. The van der Waals surface area contributed by atoms with Crippen LogP contribution in [0.5, 0.6) is 23.0 Å². The van der Waals surface area contributed by atoms with E-state index in [1.54, 1.807) is 12.1 Å². The molecule has 0 aliphatic heterocycles. The summed E-state index contributed by atoms with van der Waals surface area (Å²) in [6, 6.07) is 83.7. The van der Waals surface area contributed by atoms with Crippen LogP contribution in [0, 0.1) is 69.2 Å². The number of nitrogens with zero attached hydrogens (tertiary/aromatic N) is 5. The van der Waals surface area contributed by atoms with Crippen molar-refractivity contribution in [3.63, 3.8) is 0 Å². The van der Waals surface area contributed by atoms with Gasteiger partial charge in [0.05, 0.1) is 41.9 Å². The number of hydrogen-bond acceptors (Lipinski definition) is 13. The average Bonchev–Trinajstić information content (AvgIpc) is 1.59. The zero-order valence-corrected chi connectivity index (χ0v) is 103. The summed E-state index contributed by atoms with van der Waals surface area (Å²) in [5.74, 6) is 8.90. The van der Waals surface area contributed by atoms with Crippen LogP contribution >= 0.6 is 175 Å². The van der Waals surface area contributed by atoms with E-state index < -0.39 is 11.2 Å². The van der Waals surface area contributed by atoms with Crippen molar-refractivity contribution in [3.8, 4) is 57.3 Å². The number of rotatable bonds is 31. The van der Waals surface area contributed by atoms with Gasteiger partial charge in [0, 0.05) is 110 Å². The molecule has 31 heteroatoms. The Morgan fingerprint density at radius 1 is 0.416 bits per heavy atom. The molecule has 0 aliphatic carbocycles. The summed E-state index contributed by atoms with van der Waals surface area (Å²) in [6.45, 7) is 31.2. The number of nitrogens with one attached hydrogen (secondary N) is 2. The van der Waals surface area contributed by atoms with E-state index in [4.69, 9.17) is 50.7 Å². The van der Waals surface area contributed by atoms with Gasteiger partial charge in [0.1, 0.15) is 23.0 Å². The Kier molecular flexibility index (Phi) is 55.5. The van der Waals surface area contributed by atoms with E-state index in [2.05, 4.69) is 432 Å². The van der Waals surface area contributed by atoms with Crippen molar-refractivity contribution in [2.24, 2.45) is 10.1 Å². The number of para-hydroxylation sites is 4. The first-order valence-electron chi connectivity index (χ1n) is 49.6. The maximum absolute atomic E-state index is 11.0. The maximum atomic E-state index is 11.0. The first-order valence-corrected chi connectivity index (χ1v) is 60.5. The zero-order chi connectivity index (χ0) is 109. The molecule has 5 N–H and O–H groups in total. The number of carbonyl (C=O) groups is 2. The van der Waals surface area contributed by atoms with Crippen LogP contribution in [0.15, 0.2) is 283 Å². The number of nitrogen functional groups attached to an aromatic ring is 1. The number of aliphatic carboxylic acids is 1. The average molecular weight is 2580 g/mol. The van der Waals surface area contributed by atoms with Gasteiger partial charge in [-0.15, -0.1) is 10.2 Å². The predicted octanol–water partition coefficient (Wildman–Crippen LogP) is 40.3. The normalized spacial score (nSPS) is 10.7. The number of ether oxygens (including phenoxy) is 4. The summed E-state index contributed by atoms with van der Waals surface area (Å²) < 4.78 is 53.6. The number of fused-ring (bicyclic) bond motifs is 9. The van der Waals surface area contributed by atoms with E-state index in [-0.39, 0.29) is 12.0 Å². The van der Waals surface area contributed by atoms with Gasteiger partial charge in [-0.25, -0.2) is 5.84 Å². The monoisotopic (exact) mass is 2570 g/mol. The molecule has 0 aliphatic rings. The number of thiol groups is 1. The summed E-state index contributed by atoms with van der Waals surface area (Å²) in [5, 5.41) is 20.2. The van der Waals surface area contributed by atoms with E-state index in [0.717, 1.165) is 122 Å². The van der Waals surface area contributed by atoms with E-state index in [0.29, 0.717) is 17.3 Å². The SMILES string of the molecule is CC(=O)O.CCCCCCCCOc1c(C)cc(-n2c3ccc(Br)cc3c3cc(Br)ccc32)cc1C.CCCCCCCCOc1c(C)cc(-n2c3ccccc3c3ccccc32)cc1C.CCCCCCCCOc1c(C)cc(Br)cc1C.Cc1cc(Br)ccc1OCCl.Cc1ccc(-c2nnc(-c3ccc(Br)cc3C)o2)cc1Br.Cc1ccc(C(=O)NN)cc1Br.O=P(Cl)(Cl)Cl.[B]=NS.c1ccc2c(c1)[nH]c1ccccc12. The first kappa shape index (κ1) is 126. The number of unbranched alkanes of at least 4 members (excludes halogenated alkanes) is 15. The number of aromatic amines is 1. The van der Waals surface area contributed by atoms with Gasteiger partial charge < -0.3 is 42.6 Å². The second kappa shape index (κ2) is 65.9. The third-order valence-electron chi connectivity index (χ3n) is 23.9. The molecule has 1 radical (unpaired) electrons. The summed E-state index contributed by atoms with van der Waals surface area (Å²) in [7, 11) is 4.34. The molecule has 0 fully saturated rings. The van der Waals surface area contributed by atoms with Gasteiger partial charge in [-0.3, -0.25) is 19.6 Å². The number of aryl methyl sites for hydroxylation is 10. The summed E-state index contributed by atoms with van der Waals surface area (Å²) in [5.41, 5.74) is 25.8. The van der Waals surface area contributed by atoms with Crippen molar-refractivity contribution in [3.05, 3.63) is 335 Å². The van der Waals surface area contributed by atoms with Crippen LogP contribution in [0.1, 0.15) is 209 Å². The fourth-order valence-electron chi connectivity index (χ4n) is 16.8. The van der Waals surface area contributed by atoms with Crippen LogP contribution in [0.25, 0.3) is 99.7 Å². The van der Waals surface area contributed by atoms with Crippen LogP contribution in [0.2, 0.25) is 0 Å². The van der Waals surface area contributed by atoms with Gasteiger partial charge in [-0.1, -0.05) is 325 Å². The summed E-state index contributed by atoms with van der Waals surface area (Å²) in [4.78, 5) is 23.4. The molecule has 0 bridgehead atoms. The maximum Gasteiger partial charge on any atom is 0.0464 e. The van der Waals surface area contributed by atoms with Gasteiger partial charge >= 0.3 is 30.0 Å². The van der Waals surface area contributed by atoms with Gasteiger partial charge in [-0.05, 0) is 336 Å². The smallest absolute Gasteiger partial charge is 0.0464 e. The topological polar surface area (TPSA) is 223 Å². The number of carbonyl (C=O) groups excluding carboxylic acids is 1. The zero-order valence-electron chi connectivity index (χ0n) is 86.8. The molecule has 17 rings (SSSR count). The number of halogens is 11. The molecule has 0 atom stereocenters. The van der Waals surface area contributed by atoms with Crippen molar-refractivity contribution < 1.29 is 42.6 Å². The minimum atomic E-state index is -3.22. The van der Waals surface area contributed by atoms with Crippen LogP contribution in [0.3, 0.4) is 0 Å². The molecule has 17 aromatic rings. The molecular formula is C118H132BBr7Cl4N8O9PS. The molecule has 0 spiro atoms. The van der Waals surface area contributed by atoms with Crippen molar-refractivity contribution in [2.75, 3.05) is 25.9 Å². The van der Waals surface area contributed by atoms with Gasteiger partial charge in [0.2, 0.25) is 11.8 Å². The minimum absolute atomic E-state index is 0.197. The van der Waals surface area contributed by atoms with Crippen molar-refractivity contribution in [1.29, 1.82) is 0 Å². The van der Waals surface area contributed by atoms with Crippen molar-refractivity contribution in [2.45, 2.75) is 213 Å². The van der Waals surface area contributed by atoms with Gasteiger partial charge in [0.25, 0.3) is 11.9 Å². The Balaban J connectivity index is 0.000000214. The second-order valence-corrected chi connectivity index (χ2v) is 49.1. The number of nitrogens with two attached hydrogens (primary N) is 1. The van der Waals surface area contributed by atoms with Crippen LogP contribution in [0.4, 0.5) is 0 Å². The Bertz CT molecular complexity index is 7020. The number of hydrazine groups is 1. The van der Waals surface area contributed by atoms with Crippen LogP contribution < -0.4 is 30.2 Å². The molecule has 0 saturated carbocycles. The van der Waals surface area contributed by atoms with Crippen molar-refractivity contribution in [1.82, 2.24) is 29.7 Å². The summed E-state index contributed by atoms with van der Waals surface area (Å²) >= 11 is 46.9. The Morgan fingerprint density at radius 2 is 0.752 bits per heavy atom. The Hall–Kier alpha value is -8.54. The number of hydrogen-bond donors (Lipinski definition) is 5. The van der Waals surface area contributed by atoms with E-state index in [1.807, 2.05) is 88.4 Å². The predicted molar refractivity (Wildman–Crippen MR) is 658 cm³/mol. The minimum Gasteiger partial charge on any atom is -0.355 e. The quantitative estimate of drug-likeness (QED) is 0.00400. The van der Waals surface area contributed by atoms with E-state index >= 15 is 0 Å². The van der Waals surface area contributed by atoms with Crippen LogP contribution in [-0.4, -0.2) is 74.8 Å². The van der Waals surface area contributed by atoms with Gasteiger partial charge in [0.15, 0.2) is 6.07 Å². The number of aromatic nitrogens is 5. The largest absolute Gasteiger partial charge is 0.355 e.